The van der Waals surface area contributed by atoms with E-state index in [9.17, 15) is 0 Å². The Kier molecular flexibility index (Phi) is 14.4. The molecule has 1 atom stereocenters. The largest absolute Gasteiger partial charge is 0.514 e. The van der Waals surface area contributed by atoms with Gasteiger partial charge in [-0.05, 0) is 27.2 Å². The highest BCUT2D eigenvalue weighted by Crippen LogP contribution is 2.24. The van der Waals surface area contributed by atoms with E-state index in [0.717, 1.165) is 6.42 Å². The lowest BCUT2D eigenvalue weighted by Gasteiger charge is -2.32. The van der Waals surface area contributed by atoms with Crippen molar-refractivity contribution in [3.05, 3.63) is 0 Å². The molecule has 0 saturated carbocycles. The van der Waals surface area contributed by atoms with Crippen molar-refractivity contribution in [1.29, 1.82) is 0 Å². The van der Waals surface area contributed by atoms with Gasteiger partial charge in [-0.3, -0.25) is 0 Å². The van der Waals surface area contributed by atoms with Crippen LogP contribution in [-0.4, -0.2) is 33.5 Å². The van der Waals surface area contributed by atoms with E-state index in [0.29, 0.717) is 19.8 Å². The van der Waals surface area contributed by atoms with E-state index in [-0.39, 0.29) is 4.87 Å². The van der Waals surface area contributed by atoms with Gasteiger partial charge in [0.15, 0.2) is 0 Å². The standard InChI is InChI=1S/C16H36O3SSi/c1-5-9-10-11-12-13-14-15-16(20)21(17-6-2,18-7-3)19-8-4/h16,20H,5-15H2,1-4H3. The number of thiol groups is 1. The van der Waals surface area contributed by atoms with Crippen LogP contribution in [0.15, 0.2) is 0 Å². The quantitative estimate of drug-likeness (QED) is 0.259. The maximum atomic E-state index is 5.90. The van der Waals surface area contributed by atoms with Gasteiger partial charge in [-0.25, -0.2) is 0 Å². The monoisotopic (exact) mass is 336 g/mol. The second-order valence-corrected chi connectivity index (χ2v) is 9.21. The molecular formula is C16H36O3SSi. The minimum absolute atomic E-state index is 0.0907. The van der Waals surface area contributed by atoms with E-state index < -0.39 is 8.80 Å². The van der Waals surface area contributed by atoms with Crippen molar-refractivity contribution in [1.82, 2.24) is 0 Å². The van der Waals surface area contributed by atoms with E-state index in [4.69, 9.17) is 25.9 Å². The lowest BCUT2D eigenvalue weighted by Crippen LogP contribution is -2.54. The summed E-state index contributed by atoms with van der Waals surface area (Å²) in [4.78, 5) is 0.0907. The zero-order valence-electron chi connectivity index (χ0n) is 14.5. The van der Waals surface area contributed by atoms with Crippen molar-refractivity contribution >= 4 is 21.4 Å². The zero-order valence-corrected chi connectivity index (χ0v) is 16.4. The van der Waals surface area contributed by atoms with Gasteiger partial charge in [0.25, 0.3) is 0 Å². The summed E-state index contributed by atoms with van der Waals surface area (Å²) in [7, 11) is -2.62. The van der Waals surface area contributed by atoms with Crippen LogP contribution in [0.4, 0.5) is 0 Å². The van der Waals surface area contributed by atoms with Gasteiger partial charge in [-0.2, -0.15) is 12.6 Å². The summed E-state index contributed by atoms with van der Waals surface area (Å²) in [5.74, 6) is 0. The van der Waals surface area contributed by atoms with Crippen molar-refractivity contribution in [2.45, 2.75) is 83.9 Å². The van der Waals surface area contributed by atoms with E-state index in [2.05, 4.69) is 6.92 Å². The average molecular weight is 337 g/mol. The lowest BCUT2D eigenvalue weighted by molar-refractivity contribution is 0.0688. The molecule has 0 aliphatic heterocycles. The Labute approximate surface area is 138 Å². The molecule has 0 rings (SSSR count). The van der Waals surface area contributed by atoms with Gasteiger partial charge in [-0.15, -0.1) is 0 Å². The van der Waals surface area contributed by atoms with Crippen molar-refractivity contribution in [2.75, 3.05) is 19.8 Å². The van der Waals surface area contributed by atoms with Crippen LogP contribution in [0.25, 0.3) is 0 Å². The zero-order chi connectivity index (χ0) is 16.0. The van der Waals surface area contributed by atoms with E-state index in [1.54, 1.807) is 0 Å². The highest BCUT2D eigenvalue weighted by molar-refractivity contribution is 7.83. The van der Waals surface area contributed by atoms with E-state index in [1.807, 2.05) is 20.8 Å². The summed E-state index contributed by atoms with van der Waals surface area (Å²) in [6.07, 6.45) is 10.2. The van der Waals surface area contributed by atoms with Crippen LogP contribution in [0, 0.1) is 0 Å². The van der Waals surface area contributed by atoms with Crippen LogP contribution in [0.2, 0.25) is 0 Å². The van der Waals surface area contributed by atoms with Gasteiger partial charge >= 0.3 is 8.80 Å². The summed E-state index contributed by atoms with van der Waals surface area (Å²) in [5, 5.41) is 0. The molecule has 0 saturated heterocycles. The van der Waals surface area contributed by atoms with Crippen LogP contribution in [-0.2, 0) is 13.3 Å². The summed E-state index contributed by atoms with van der Waals surface area (Å²) in [5.41, 5.74) is 0. The first kappa shape index (κ1) is 21.4. The number of rotatable bonds is 15. The fraction of sp³-hybridized carbons (Fsp3) is 1.00. The molecule has 0 aromatic heterocycles. The molecule has 0 aliphatic rings. The molecule has 0 aromatic rings. The normalized spacial score (nSPS) is 13.6. The van der Waals surface area contributed by atoms with Crippen LogP contribution in [0.3, 0.4) is 0 Å². The van der Waals surface area contributed by atoms with E-state index in [1.165, 1.54) is 44.9 Å². The average Bonchev–Trinajstić information content (AvgIpc) is 2.46. The third-order valence-corrected chi connectivity index (χ3v) is 7.91. The first-order valence-corrected chi connectivity index (χ1v) is 11.1. The van der Waals surface area contributed by atoms with Crippen molar-refractivity contribution in [2.24, 2.45) is 0 Å². The molecule has 1 unspecified atom stereocenters. The van der Waals surface area contributed by atoms with Crippen molar-refractivity contribution in [3.63, 3.8) is 0 Å². The van der Waals surface area contributed by atoms with Gasteiger partial charge in [0, 0.05) is 19.8 Å². The van der Waals surface area contributed by atoms with Gasteiger partial charge in [0.2, 0.25) is 0 Å². The molecular weight excluding hydrogens is 300 g/mol. The second-order valence-electron chi connectivity index (χ2n) is 5.33. The van der Waals surface area contributed by atoms with E-state index >= 15 is 0 Å². The Balaban J connectivity index is 4.11. The summed E-state index contributed by atoms with van der Waals surface area (Å²) >= 11 is 4.76. The number of hydrogen-bond acceptors (Lipinski definition) is 4. The van der Waals surface area contributed by atoms with Crippen LogP contribution in [0.5, 0.6) is 0 Å². The third-order valence-electron chi connectivity index (χ3n) is 3.53. The van der Waals surface area contributed by atoms with Crippen LogP contribution in [0.1, 0.15) is 79.1 Å². The minimum Gasteiger partial charge on any atom is -0.373 e. The Hall–Kier alpha value is 0.447. The topological polar surface area (TPSA) is 27.7 Å². The number of unbranched alkanes of at least 4 members (excludes halogenated alkanes) is 6. The smallest absolute Gasteiger partial charge is 0.373 e. The fourth-order valence-corrected chi connectivity index (χ4v) is 5.93. The lowest BCUT2D eigenvalue weighted by atomic mass is 10.1. The molecule has 0 spiro atoms. The number of hydrogen-bond donors (Lipinski definition) is 1. The van der Waals surface area contributed by atoms with Crippen molar-refractivity contribution < 1.29 is 13.3 Å². The molecule has 5 heteroatoms. The second kappa shape index (κ2) is 14.1. The van der Waals surface area contributed by atoms with Crippen LogP contribution < -0.4 is 0 Å². The third kappa shape index (κ3) is 9.24. The summed E-state index contributed by atoms with van der Waals surface area (Å²) in [6, 6.07) is 0. The van der Waals surface area contributed by atoms with Gasteiger partial charge in [0.1, 0.15) is 0 Å². The van der Waals surface area contributed by atoms with Gasteiger partial charge in [0.05, 0.1) is 4.87 Å². The van der Waals surface area contributed by atoms with Crippen LogP contribution >= 0.6 is 12.6 Å². The minimum atomic E-state index is -2.62. The molecule has 128 valence electrons. The SMILES string of the molecule is CCCCCCCCCC(S)[Si](OCC)(OCC)OCC. The molecule has 0 bridgehead atoms. The maximum Gasteiger partial charge on any atom is 0.514 e. The predicted octanol–water partition coefficient (Wildman–Crippen LogP) is 5.01. The molecule has 21 heavy (non-hydrogen) atoms. The predicted molar refractivity (Wildman–Crippen MR) is 96.0 cm³/mol. The first-order valence-electron chi connectivity index (χ1n) is 8.76. The fourth-order valence-electron chi connectivity index (χ4n) is 2.49. The molecule has 0 N–H and O–H groups in total. The Morgan fingerprint density at radius 3 is 1.57 bits per heavy atom. The van der Waals surface area contributed by atoms with Gasteiger partial charge < -0.3 is 13.3 Å². The molecule has 3 nitrogen and oxygen atoms in total. The molecule has 0 aliphatic carbocycles. The van der Waals surface area contributed by atoms with Crippen molar-refractivity contribution in [3.8, 4) is 0 Å². The Morgan fingerprint density at radius 1 is 0.714 bits per heavy atom. The molecule has 0 fully saturated rings. The highest BCUT2D eigenvalue weighted by Gasteiger charge is 2.47. The Morgan fingerprint density at radius 2 is 1.14 bits per heavy atom. The maximum absolute atomic E-state index is 5.90. The first-order chi connectivity index (χ1) is 10.2. The molecule has 0 aromatic carbocycles. The molecule has 0 heterocycles. The highest BCUT2D eigenvalue weighted by atomic mass is 32.1. The molecule has 0 amide bonds. The molecule has 0 radical (unpaired) electrons. The summed E-state index contributed by atoms with van der Waals surface area (Å²) in [6.45, 7) is 10.1. The summed E-state index contributed by atoms with van der Waals surface area (Å²) < 4.78 is 17.7. The van der Waals surface area contributed by atoms with Gasteiger partial charge in [-0.1, -0.05) is 51.9 Å². The Bertz CT molecular complexity index is 213.